The van der Waals surface area contributed by atoms with Crippen LogP contribution >= 0.6 is 0 Å². The van der Waals surface area contributed by atoms with Crippen LogP contribution in [0.25, 0.3) is 0 Å². The summed E-state index contributed by atoms with van der Waals surface area (Å²) < 4.78 is 0. The molecule has 0 saturated carbocycles. The van der Waals surface area contributed by atoms with E-state index in [9.17, 15) is 9.90 Å². The summed E-state index contributed by atoms with van der Waals surface area (Å²) >= 11 is 0. The number of carboxylic acid groups (broad SMARTS) is 1. The summed E-state index contributed by atoms with van der Waals surface area (Å²) in [5.41, 5.74) is -0.530. The monoisotopic (exact) mass is 239 g/mol. The molecule has 0 aliphatic heterocycles. The van der Waals surface area contributed by atoms with Crippen molar-refractivity contribution < 1.29 is 15.0 Å². The third kappa shape index (κ3) is 3.13. The zero-order valence-electron chi connectivity index (χ0n) is 9.97. The lowest BCUT2D eigenvalue weighted by Crippen LogP contribution is -2.41. The number of aliphatic hydroxyl groups is 1. The van der Waals surface area contributed by atoms with E-state index in [4.69, 9.17) is 5.11 Å². The van der Waals surface area contributed by atoms with Gasteiger partial charge in [-0.2, -0.15) is 0 Å². The molecule has 0 unspecified atom stereocenters. The molecule has 0 aromatic carbocycles. The first-order valence-corrected chi connectivity index (χ1v) is 5.53. The molecule has 3 N–H and O–H groups in total. The number of anilines is 1. The molecule has 0 aliphatic rings. The van der Waals surface area contributed by atoms with Gasteiger partial charge in [-0.3, -0.25) is 0 Å². The van der Waals surface area contributed by atoms with E-state index in [0.29, 0.717) is 5.82 Å². The first-order chi connectivity index (χ1) is 8.06. The maximum absolute atomic E-state index is 10.6. The highest BCUT2D eigenvalue weighted by Crippen LogP contribution is 2.20. The Morgan fingerprint density at radius 2 is 2.00 bits per heavy atom. The molecule has 0 bridgehead atoms. The van der Waals surface area contributed by atoms with Gasteiger partial charge in [-0.05, 0) is 25.0 Å². The number of carboxylic acids is 1. The molecule has 1 rings (SSSR count). The van der Waals surface area contributed by atoms with Crippen LogP contribution in [-0.4, -0.2) is 38.5 Å². The van der Waals surface area contributed by atoms with Gasteiger partial charge in [-0.25, -0.2) is 4.79 Å². The highest BCUT2D eigenvalue weighted by Gasteiger charge is 2.25. The average molecular weight is 239 g/mol. The van der Waals surface area contributed by atoms with Gasteiger partial charge < -0.3 is 15.5 Å². The molecule has 1 heterocycles. The molecule has 1 aromatic rings. The van der Waals surface area contributed by atoms with Gasteiger partial charge in [0.25, 0.3) is 0 Å². The predicted molar refractivity (Wildman–Crippen MR) is 63.0 cm³/mol. The Balaban J connectivity index is 2.84. The lowest BCUT2D eigenvalue weighted by molar-refractivity contribution is 0.0689. The lowest BCUT2D eigenvalue weighted by Gasteiger charge is -2.31. The van der Waals surface area contributed by atoms with Crippen molar-refractivity contribution >= 4 is 11.8 Å². The van der Waals surface area contributed by atoms with E-state index in [1.165, 1.54) is 6.07 Å². The summed E-state index contributed by atoms with van der Waals surface area (Å²) in [6.07, 6.45) is 1.48. The predicted octanol–water partition coefficient (Wildman–Crippen LogP) is 1.14. The molecule has 6 nitrogen and oxygen atoms in total. The van der Waals surface area contributed by atoms with Crippen molar-refractivity contribution in [3.8, 4) is 0 Å². The van der Waals surface area contributed by atoms with Crippen molar-refractivity contribution in [1.29, 1.82) is 0 Å². The highest BCUT2D eigenvalue weighted by molar-refractivity contribution is 5.85. The van der Waals surface area contributed by atoms with Gasteiger partial charge in [0, 0.05) is 0 Å². The summed E-state index contributed by atoms with van der Waals surface area (Å²) in [4.78, 5) is 10.6. The molecular weight excluding hydrogens is 222 g/mol. The van der Waals surface area contributed by atoms with Crippen LogP contribution in [0.4, 0.5) is 5.82 Å². The van der Waals surface area contributed by atoms with Gasteiger partial charge >= 0.3 is 5.97 Å². The number of carbonyl (C=O) groups is 1. The molecule has 0 radical (unpaired) electrons. The Morgan fingerprint density at radius 1 is 1.35 bits per heavy atom. The van der Waals surface area contributed by atoms with E-state index in [2.05, 4.69) is 15.5 Å². The van der Waals surface area contributed by atoms with Crippen LogP contribution in [0.15, 0.2) is 12.1 Å². The van der Waals surface area contributed by atoms with Gasteiger partial charge in [-0.1, -0.05) is 13.8 Å². The third-order valence-corrected chi connectivity index (χ3v) is 2.93. The van der Waals surface area contributed by atoms with Crippen molar-refractivity contribution in [3.63, 3.8) is 0 Å². The molecule has 0 aliphatic carbocycles. The second-order valence-corrected chi connectivity index (χ2v) is 3.88. The van der Waals surface area contributed by atoms with Crippen molar-refractivity contribution in [3.05, 3.63) is 17.8 Å². The number of rotatable bonds is 6. The van der Waals surface area contributed by atoms with Gasteiger partial charge in [0.2, 0.25) is 0 Å². The largest absolute Gasteiger partial charge is 0.476 e. The number of nitrogens with zero attached hydrogens (tertiary/aromatic N) is 2. The molecule has 94 valence electrons. The Kier molecular flexibility index (Phi) is 4.39. The minimum Gasteiger partial charge on any atom is -0.476 e. The van der Waals surface area contributed by atoms with Crippen LogP contribution in [0.5, 0.6) is 0 Å². The zero-order valence-corrected chi connectivity index (χ0v) is 9.97. The number of nitrogens with one attached hydrogen (secondary N) is 1. The Morgan fingerprint density at radius 3 is 2.35 bits per heavy atom. The van der Waals surface area contributed by atoms with Crippen molar-refractivity contribution in [1.82, 2.24) is 10.2 Å². The quantitative estimate of drug-likeness (QED) is 0.689. The fourth-order valence-corrected chi connectivity index (χ4v) is 1.47. The molecule has 0 spiro atoms. The van der Waals surface area contributed by atoms with Crippen LogP contribution in [0, 0.1) is 0 Å². The minimum absolute atomic E-state index is 0.0115. The van der Waals surface area contributed by atoms with Crippen molar-refractivity contribution in [2.45, 2.75) is 32.2 Å². The molecule has 0 amide bonds. The summed E-state index contributed by atoms with van der Waals surface area (Å²) in [6, 6.07) is 2.93. The topological polar surface area (TPSA) is 95.3 Å². The van der Waals surface area contributed by atoms with Crippen LogP contribution in [-0.2, 0) is 0 Å². The Bertz CT molecular complexity index is 366. The smallest absolute Gasteiger partial charge is 0.356 e. The molecular formula is C11H17N3O3. The normalized spacial score (nSPS) is 11.2. The van der Waals surface area contributed by atoms with E-state index >= 15 is 0 Å². The fourth-order valence-electron chi connectivity index (χ4n) is 1.47. The van der Waals surface area contributed by atoms with E-state index in [0.717, 1.165) is 12.8 Å². The Hall–Kier alpha value is -1.69. The van der Waals surface area contributed by atoms with E-state index in [-0.39, 0.29) is 12.3 Å². The summed E-state index contributed by atoms with van der Waals surface area (Å²) in [7, 11) is 0. The van der Waals surface area contributed by atoms with Crippen LogP contribution in [0.1, 0.15) is 37.2 Å². The first kappa shape index (κ1) is 13.4. The standard InChI is InChI=1S/C11H17N3O3/c1-3-11(4-2,7-15)12-9-6-5-8(10(16)17)13-14-9/h5-6,15H,3-4,7H2,1-2H3,(H,12,14)(H,16,17). The van der Waals surface area contributed by atoms with Crippen LogP contribution in [0.2, 0.25) is 0 Å². The summed E-state index contributed by atoms with van der Waals surface area (Å²) in [5.74, 6) is -0.642. The summed E-state index contributed by atoms with van der Waals surface area (Å²) in [6.45, 7) is 3.92. The SMILES string of the molecule is CCC(CC)(CO)Nc1ccc(C(=O)O)nn1. The van der Waals surface area contributed by atoms with E-state index in [1.54, 1.807) is 6.07 Å². The van der Waals surface area contributed by atoms with Crippen LogP contribution < -0.4 is 5.32 Å². The maximum atomic E-state index is 10.6. The van der Waals surface area contributed by atoms with Gasteiger partial charge in [0.05, 0.1) is 12.1 Å². The third-order valence-electron chi connectivity index (χ3n) is 2.93. The highest BCUT2D eigenvalue weighted by atomic mass is 16.4. The molecule has 6 heteroatoms. The van der Waals surface area contributed by atoms with Crippen LogP contribution in [0.3, 0.4) is 0 Å². The van der Waals surface area contributed by atoms with Gasteiger partial charge in [-0.15, -0.1) is 10.2 Å². The molecule has 0 saturated heterocycles. The van der Waals surface area contributed by atoms with E-state index in [1.807, 2.05) is 13.8 Å². The number of hydrogen-bond donors (Lipinski definition) is 3. The maximum Gasteiger partial charge on any atom is 0.356 e. The van der Waals surface area contributed by atoms with Crippen molar-refractivity contribution in [2.75, 3.05) is 11.9 Å². The number of aromatic carboxylic acids is 1. The zero-order chi connectivity index (χ0) is 12.9. The van der Waals surface area contributed by atoms with Crippen molar-refractivity contribution in [2.24, 2.45) is 0 Å². The minimum atomic E-state index is -1.11. The lowest BCUT2D eigenvalue weighted by atomic mass is 9.94. The van der Waals surface area contributed by atoms with Gasteiger partial charge in [0.1, 0.15) is 5.82 Å². The first-order valence-electron chi connectivity index (χ1n) is 5.53. The second kappa shape index (κ2) is 5.58. The van der Waals surface area contributed by atoms with E-state index < -0.39 is 11.5 Å². The average Bonchev–Trinajstić information content (AvgIpc) is 2.37. The molecule has 0 atom stereocenters. The number of hydrogen-bond acceptors (Lipinski definition) is 5. The summed E-state index contributed by atoms with van der Waals surface area (Å²) in [5, 5.41) is 28.5. The number of aliphatic hydroxyl groups excluding tert-OH is 1. The number of aromatic nitrogens is 2. The Labute approximate surface area is 99.7 Å². The second-order valence-electron chi connectivity index (χ2n) is 3.88. The van der Waals surface area contributed by atoms with Gasteiger partial charge in [0.15, 0.2) is 5.69 Å². The molecule has 0 fully saturated rings. The molecule has 1 aromatic heterocycles. The molecule has 17 heavy (non-hydrogen) atoms. The fraction of sp³-hybridized carbons (Fsp3) is 0.545.